The lowest BCUT2D eigenvalue weighted by atomic mass is 9.78. The standard InChI is InChI=1S/C27H32O6.C3H8/c1-19(2)25(28)32-17-15-30-23-11-7-21(8-12-23)27(5,6)22-9-13-24(14-10-22)31-16-18-33-26(29)20(3)4;1-3-2/h7-14H,1,3,15-18H2,2,4-6H3;3H2,1-2H3. The molecule has 196 valence electrons. The van der Waals surface area contributed by atoms with Crippen molar-refractivity contribution < 1.29 is 28.5 Å². The van der Waals surface area contributed by atoms with Gasteiger partial charge < -0.3 is 18.9 Å². The zero-order valence-electron chi connectivity index (χ0n) is 22.5. The molecule has 2 aromatic rings. The third-order valence-electron chi connectivity index (χ3n) is 5.02. The molecule has 0 saturated heterocycles. The van der Waals surface area contributed by atoms with Crippen molar-refractivity contribution in [3.8, 4) is 11.5 Å². The van der Waals surface area contributed by atoms with Crippen LogP contribution in [-0.4, -0.2) is 38.4 Å². The van der Waals surface area contributed by atoms with Crippen LogP contribution in [0.4, 0.5) is 0 Å². The molecule has 0 aliphatic rings. The molecular weight excluding hydrogens is 456 g/mol. The molecule has 0 aromatic heterocycles. The summed E-state index contributed by atoms with van der Waals surface area (Å²) in [5.74, 6) is 0.575. The number of carbonyl (C=O) groups is 2. The minimum absolute atomic E-state index is 0.170. The highest BCUT2D eigenvalue weighted by Crippen LogP contribution is 2.33. The summed E-state index contributed by atoms with van der Waals surface area (Å²) in [5.41, 5.74) is 2.76. The van der Waals surface area contributed by atoms with Gasteiger partial charge in [-0.05, 0) is 49.2 Å². The van der Waals surface area contributed by atoms with Crippen molar-refractivity contribution in [2.24, 2.45) is 0 Å². The summed E-state index contributed by atoms with van der Waals surface area (Å²) >= 11 is 0. The molecule has 0 aliphatic heterocycles. The van der Waals surface area contributed by atoms with E-state index in [9.17, 15) is 9.59 Å². The van der Waals surface area contributed by atoms with Crippen LogP contribution in [0.25, 0.3) is 0 Å². The second kappa shape index (κ2) is 15.5. The van der Waals surface area contributed by atoms with E-state index in [2.05, 4.69) is 40.9 Å². The molecule has 6 nitrogen and oxygen atoms in total. The lowest BCUT2D eigenvalue weighted by molar-refractivity contribution is -0.140. The van der Waals surface area contributed by atoms with Crippen LogP contribution in [0.3, 0.4) is 0 Å². The molecule has 6 heteroatoms. The number of hydrogen-bond acceptors (Lipinski definition) is 6. The molecule has 0 radical (unpaired) electrons. The summed E-state index contributed by atoms with van der Waals surface area (Å²) in [5, 5.41) is 0. The Kier molecular flexibility index (Phi) is 13.1. The highest BCUT2D eigenvalue weighted by molar-refractivity contribution is 5.87. The fourth-order valence-electron chi connectivity index (χ4n) is 2.94. The van der Waals surface area contributed by atoms with Gasteiger partial charge in [-0.2, -0.15) is 0 Å². The second-order valence-corrected chi connectivity index (χ2v) is 8.91. The first-order chi connectivity index (χ1) is 17.0. The van der Waals surface area contributed by atoms with Crippen LogP contribution >= 0.6 is 0 Å². The summed E-state index contributed by atoms with van der Waals surface area (Å²) < 4.78 is 21.3. The van der Waals surface area contributed by atoms with E-state index in [1.807, 2.05) is 48.5 Å². The highest BCUT2D eigenvalue weighted by Gasteiger charge is 2.23. The molecule has 0 unspecified atom stereocenters. The smallest absolute Gasteiger partial charge is 0.333 e. The summed E-state index contributed by atoms with van der Waals surface area (Å²) in [7, 11) is 0. The molecule has 0 spiro atoms. The maximum Gasteiger partial charge on any atom is 0.333 e. The van der Waals surface area contributed by atoms with Crippen LogP contribution in [-0.2, 0) is 24.5 Å². The first-order valence-electron chi connectivity index (χ1n) is 12.1. The Morgan fingerprint density at radius 3 is 1.25 bits per heavy atom. The third-order valence-corrected chi connectivity index (χ3v) is 5.02. The Balaban J connectivity index is 0.00000205. The van der Waals surface area contributed by atoms with Crippen molar-refractivity contribution in [1.82, 2.24) is 0 Å². The van der Waals surface area contributed by atoms with E-state index in [0.29, 0.717) is 22.6 Å². The molecule has 2 aromatic carbocycles. The topological polar surface area (TPSA) is 71.1 Å². The molecule has 0 fully saturated rings. The number of esters is 2. The van der Waals surface area contributed by atoms with Gasteiger partial charge in [0.15, 0.2) is 0 Å². The molecular formula is C30H40O6. The quantitative estimate of drug-likeness (QED) is 0.192. The van der Waals surface area contributed by atoms with E-state index in [1.54, 1.807) is 13.8 Å². The van der Waals surface area contributed by atoms with E-state index in [0.717, 1.165) is 11.1 Å². The van der Waals surface area contributed by atoms with Crippen molar-refractivity contribution in [2.75, 3.05) is 26.4 Å². The van der Waals surface area contributed by atoms with Gasteiger partial charge in [0, 0.05) is 16.6 Å². The fraction of sp³-hybridized carbons (Fsp3) is 0.400. The molecule has 0 aliphatic carbocycles. The largest absolute Gasteiger partial charge is 0.490 e. The van der Waals surface area contributed by atoms with Crippen LogP contribution in [0, 0.1) is 0 Å². The number of carbonyl (C=O) groups excluding carboxylic acids is 2. The van der Waals surface area contributed by atoms with Crippen LogP contribution in [0.5, 0.6) is 11.5 Å². The molecule has 0 atom stereocenters. The number of rotatable bonds is 12. The van der Waals surface area contributed by atoms with Gasteiger partial charge in [0.2, 0.25) is 0 Å². The van der Waals surface area contributed by atoms with E-state index in [-0.39, 0.29) is 31.8 Å². The molecule has 2 rings (SSSR count). The van der Waals surface area contributed by atoms with Gasteiger partial charge in [0.1, 0.15) is 37.9 Å². The van der Waals surface area contributed by atoms with Crippen molar-refractivity contribution >= 4 is 11.9 Å². The first kappa shape index (κ1) is 30.5. The number of ether oxygens (including phenoxy) is 4. The van der Waals surface area contributed by atoms with Crippen LogP contribution in [0.1, 0.15) is 59.1 Å². The van der Waals surface area contributed by atoms with Gasteiger partial charge >= 0.3 is 11.9 Å². The van der Waals surface area contributed by atoms with Gasteiger partial charge in [-0.1, -0.05) is 71.5 Å². The fourth-order valence-corrected chi connectivity index (χ4v) is 2.94. The van der Waals surface area contributed by atoms with Gasteiger partial charge in [0.05, 0.1) is 0 Å². The lowest BCUT2D eigenvalue weighted by Gasteiger charge is -2.26. The minimum atomic E-state index is -0.418. The normalized spacial score (nSPS) is 10.4. The summed E-state index contributed by atoms with van der Waals surface area (Å²) in [4.78, 5) is 22.7. The molecule has 0 saturated carbocycles. The summed E-state index contributed by atoms with van der Waals surface area (Å²) in [6.45, 7) is 19.7. The zero-order valence-corrected chi connectivity index (χ0v) is 22.5. The third kappa shape index (κ3) is 10.4. The molecule has 0 N–H and O–H groups in total. The van der Waals surface area contributed by atoms with Crippen LogP contribution < -0.4 is 9.47 Å². The molecule has 36 heavy (non-hydrogen) atoms. The van der Waals surface area contributed by atoms with E-state index < -0.39 is 11.9 Å². The van der Waals surface area contributed by atoms with Crippen molar-refractivity contribution in [2.45, 2.75) is 53.4 Å². The van der Waals surface area contributed by atoms with E-state index in [1.165, 1.54) is 6.42 Å². The van der Waals surface area contributed by atoms with Gasteiger partial charge in [0.25, 0.3) is 0 Å². The van der Waals surface area contributed by atoms with Crippen molar-refractivity contribution in [3.05, 3.63) is 84.0 Å². The lowest BCUT2D eigenvalue weighted by Crippen LogP contribution is -2.19. The Hall–Kier alpha value is -3.54. The van der Waals surface area contributed by atoms with E-state index >= 15 is 0 Å². The first-order valence-corrected chi connectivity index (χ1v) is 12.1. The highest BCUT2D eigenvalue weighted by atomic mass is 16.6. The monoisotopic (exact) mass is 496 g/mol. The van der Waals surface area contributed by atoms with Crippen LogP contribution in [0.2, 0.25) is 0 Å². The van der Waals surface area contributed by atoms with Gasteiger partial charge in [-0.15, -0.1) is 0 Å². The van der Waals surface area contributed by atoms with Crippen molar-refractivity contribution in [1.29, 1.82) is 0 Å². The molecule has 0 amide bonds. The number of hydrogen-bond donors (Lipinski definition) is 0. The van der Waals surface area contributed by atoms with Gasteiger partial charge in [-0.25, -0.2) is 9.59 Å². The Bertz CT molecular complexity index is 908. The average Bonchev–Trinajstić information content (AvgIpc) is 2.85. The molecule has 0 bridgehead atoms. The van der Waals surface area contributed by atoms with E-state index in [4.69, 9.17) is 18.9 Å². The Morgan fingerprint density at radius 1 is 0.667 bits per heavy atom. The summed E-state index contributed by atoms with van der Waals surface area (Å²) in [6.07, 6.45) is 1.25. The number of benzene rings is 2. The Morgan fingerprint density at radius 2 is 0.972 bits per heavy atom. The summed E-state index contributed by atoms with van der Waals surface area (Å²) in [6, 6.07) is 15.7. The predicted octanol–water partition coefficient (Wildman–Crippen LogP) is 6.43. The van der Waals surface area contributed by atoms with Gasteiger partial charge in [-0.3, -0.25) is 0 Å². The average molecular weight is 497 g/mol. The molecule has 0 heterocycles. The Labute approximate surface area is 215 Å². The maximum atomic E-state index is 11.4. The van der Waals surface area contributed by atoms with Crippen molar-refractivity contribution in [3.63, 3.8) is 0 Å². The zero-order chi connectivity index (χ0) is 27.1. The second-order valence-electron chi connectivity index (χ2n) is 8.91. The predicted molar refractivity (Wildman–Crippen MR) is 144 cm³/mol. The maximum absolute atomic E-state index is 11.4. The minimum Gasteiger partial charge on any atom is -0.490 e. The van der Waals surface area contributed by atoms with Crippen LogP contribution in [0.15, 0.2) is 72.8 Å². The SMILES string of the molecule is C=C(C)C(=O)OCCOc1ccc(C(C)(C)c2ccc(OCCOC(=O)C(=C)C)cc2)cc1.CCC.